The van der Waals surface area contributed by atoms with E-state index in [1.54, 1.807) is 11.0 Å². The van der Waals surface area contributed by atoms with Crippen LogP contribution in [0.25, 0.3) is 0 Å². The molecule has 0 saturated carbocycles. The van der Waals surface area contributed by atoms with Crippen LogP contribution in [-0.4, -0.2) is 37.0 Å². The van der Waals surface area contributed by atoms with Crippen LogP contribution in [-0.2, 0) is 9.59 Å². The van der Waals surface area contributed by atoms with Crippen LogP contribution in [0.1, 0.15) is 19.3 Å². The Morgan fingerprint density at radius 2 is 2.09 bits per heavy atom. The molecule has 2 saturated heterocycles. The monoisotopic (exact) mass is 343 g/mol. The van der Waals surface area contributed by atoms with E-state index in [-0.39, 0.29) is 30.3 Å². The van der Waals surface area contributed by atoms with Gasteiger partial charge in [-0.3, -0.25) is 9.59 Å². The van der Waals surface area contributed by atoms with E-state index < -0.39 is 6.04 Å². The Morgan fingerprint density at radius 1 is 1.32 bits per heavy atom. The van der Waals surface area contributed by atoms with Gasteiger partial charge in [0.2, 0.25) is 11.8 Å². The van der Waals surface area contributed by atoms with Gasteiger partial charge in [0.05, 0.1) is 16.8 Å². The lowest BCUT2D eigenvalue weighted by atomic mass is 10.2. The van der Waals surface area contributed by atoms with Crippen LogP contribution >= 0.6 is 24.0 Å². The molecule has 0 spiro atoms. The van der Waals surface area contributed by atoms with Crippen molar-refractivity contribution >= 4 is 41.5 Å². The minimum absolute atomic E-state index is 0. The lowest BCUT2D eigenvalue weighted by Crippen LogP contribution is -2.48. The zero-order valence-corrected chi connectivity index (χ0v) is 13.6. The number of nitrogens with zero attached hydrogens (tertiary/aromatic N) is 1. The van der Waals surface area contributed by atoms with E-state index >= 15 is 0 Å². The first kappa shape index (κ1) is 17.1. The van der Waals surface area contributed by atoms with Gasteiger partial charge in [0, 0.05) is 6.54 Å². The summed E-state index contributed by atoms with van der Waals surface area (Å²) in [5.74, 6) is -0.165. The number of benzene rings is 1. The van der Waals surface area contributed by atoms with Gasteiger partial charge < -0.3 is 15.5 Å². The quantitative estimate of drug-likeness (QED) is 0.878. The largest absolute Gasteiger partial charge is 0.343 e. The van der Waals surface area contributed by atoms with Gasteiger partial charge in [0.1, 0.15) is 6.04 Å². The topological polar surface area (TPSA) is 61.4 Å². The summed E-state index contributed by atoms with van der Waals surface area (Å²) in [5, 5.41) is 6.54. The molecular formula is C15H19Cl2N3O2. The number of hydrogen-bond acceptors (Lipinski definition) is 3. The molecule has 7 heteroatoms. The third kappa shape index (κ3) is 3.37. The standard InChI is InChI=1S/C15H18ClN3O2.ClH/c16-10-4-1-2-6-13(10)19-9-7-12(15(19)21)18-14(20)11-5-3-8-17-11;/h1-2,4,6,11-12,17H,3,5,7-9H2,(H,18,20);1H. The molecule has 0 aliphatic carbocycles. The van der Waals surface area contributed by atoms with Crippen molar-refractivity contribution in [3.8, 4) is 0 Å². The molecule has 2 amide bonds. The van der Waals surface area contributed by atoms with Crippen molar-refractivity contribution in [1.82, 2.24) is 10.6 Å². The predicted octanol–water partition coefficient (Wildman–Crippen LogP) is 1.74. The van der Waals surface area contributed by atoms with Crippen LogP contribution in [0.2, 0.25) is 5.02 Å². The molecule has 2 N–H and O–H groups in total. The lowest BCUT2D eigenvalue weighted by Gasteiger charge is -2.19. The van der Waals surface area contributed by atoms with E-state index in [2.05, 4.69) is 10.6 Å². The highest BCUT2D eigenvalue weighted by molar-refractivity contribution is 6.34. The second-order valence-corrected chi connectivity index (χ2v) is 5.85. The maximum Gasteiger partial charge on any atom is 0.249 e. The Morgan fingerprint density at radius 3 is 2.77 bits per heavy atom. The Bertz CT molecular complexity index is 561. The van der Waals surface area contributed by atoms with Crippen LogP contribution < -0.4 is 15.5 Å². The fourth-order valence-corrected chi connectivity index (χ4v) is 3.14. The van der Waals surface area contributed by atoms with E-state index in [9.17, 15) is 9.59 Å². The molecule has 3 rings (SSSR count). The second-order valence-electron chi connectivity index (χ2n) is 5.44. The summed E-state index contributed by atoms with van der Waals surface area (Å²) in [6, 6.07) is 6.66. The highest BCUT2D eigenvalue weighted by atomic mass is 35.5. The van der Waals surface area contributed by atoms with Crippen molar-refractivity contribution in [1.29, 1.82) is 0 Å². The van der Waals surface area contributed by atoms with Crippen molar-refractivity contribution in [3.05, 3.63) is 29.3 Å². The maximum absolute atomic E-state index is 12.4. The van der Waals surface area contributed by atoms with E-state index in [0.29, 0.717) is 23.7 Å². The Balaban J connectivity index is 0.00000176. The molecule has 2 heterocycles. The van der Waals surface area contributed by atoms with Crippen LogP contribution in [0.3, 0.4) is 0 Å². The first-order valence-electron chi connectivity index (χ1n) is 7.26. The van der Waals surface area contributed by atoms with Gasteiger partial charge in [0.25, 0.3) is 0 Å². The van der Waals surface area contributed by atoms with Crippen LogP contribution in [0.5, 0.6) is 0 Å². The van der Waals surface area contributed by atoms with Gasteiger partial charge in [0.15, 0.2) is 0 Å². The van der Waals surface area contributed by atoms with Gasteiger partial charge in [-0.05, 0) is 37.9 Å². The van der Waals surface area contributed by atoms with Gasteiger partial charge in [-0.2, -0.15) is 0 Å². The normalized spacial score (nSPS) is 24.2. The van der Waals surface area contributed by atoms with E-state index in [4.69, 9.17) is 11.6 Å². The third-order valence-electron chi connectivity index (χ3n) is 4.04. The molecule has 2 atom stereocenters. The molecule has 1 aromatic carbocycles. The lowest BCUT2D eigenvalue weighted by molar-refractivity contribution is -0.127. The summed E-state index contributed by atoms with van der Waals surface area (Å²) < 4.78 is 0. The summed E-state index contributed by atoms with van der Waals surface area (Å²) in [6.45, 7) is 1.44. The molecule has 2 unspecified atom stereocenters. The second kappa shape index (κ2) is 7.31. The molecule has 2 aliphatic rings. The van der Waals surface area contributed by atoms with Crippen molar-refractivity contribution < 1.29 is 9.59 Å². The summed E-state index contributed by atoms with van der Waals surface area (Å²) in [6.07, 6.45) is 2.45. The van der Waals surface area contributed by atoms with Crippen molar-refractivity contribution in [2.45, 2.75) is 31.3 Å². The van der Waals surface area contributed by atoms with Crippen molar-refractivity contribution in [2.75, 3.05) is 18.0 Å². The molecule has 1 aromatic rings. The zero-order valence-electron chi connectivity index (χ0n) is 12.0. The number of para-hydroxylation sites is 1. The first-order valence-corrected chi connectivity index (χ1v) is 7.64. The van der Waals surface area contributed by atoms with Gasteiger partial charge in [-0.25, -0.2) is 0 Å². The number of halogens is 2. The molecule has 0 bridgehead atoms. The zero-order chi connectivity index (χ0) is 14.8. The smallest absolute Gasteiger partial charge is 0.249 e. The number of nitrogens with one attached hydrogen (secondary N) is 2. The van der Waals surface area contributed by atoms with E-state index in [1.165, 1.54) is 0 Å². The SMILES string of the molecule is Cl.O=C(NC1CCN(c2ccccc2Cl)C1=O)C1CCCN1. The number of carbonyl (C=O) groups is 2. The Hall–Kier alpha value is -1.30. The molecule has 5 nitrogen and oxygen atoms in total. The summed E-state index contributed by atoms with van der Waals surface area (Å²) in [5.41, 5.74) is 0.708. The molecule has 0 radical (unpaired) electrons. The van der Waals surface area contributed by atoms with E-state index in [0.717, 1.165) is 19.4 Å². The molecule has 2 fully saturated rings. The van der Waals surface area contributed by atoms with Gasteiger partial charge in [-0.15, -0.1) is 12.4 Å². The average molecular weight is 344 g/mol. The highest BCUT2D eigenvalue weighted by Crippen LogP contribution is 2.29. The predicted molar refractivity (Wildman–Crippen MR) is 88.6 cm³/mol. The van der Waals surface area contributed by atoms with Crippen molar-refractivity contribution in [2.24, 2.45) is 0 Å². The molecule has 22 heavy (non-hydrogen) atoms. The number of carbonyl (C=O) groups excluding carboxylic acids is 2. The van der Waals surface area contributed by atoms with E-state index in [1.807, 2.05) is 18.2 Å². The Kier molecular flexibility index (Phi) is 5.67. The number of rotatable bonds is 3. The summed E-state index contributed by atoms with van der Waals surface area (Å²) >= 11 is 6.14. The molecule has 120 valence electrons. The van der Waals surface area contributed by atoms with Crippen LogP contribution in [0.4, 0.5) is 5.69 Å². The number of hydrogen-bond donors (Lipinski definition) is 2. The van der Waals surface area contributed by atoms with Crippen molar-refractivity contribution in [3.63, 3.8) is 0 Å². The van der Waals surface area contributed by atoms with Crippen LogP contribution in [0.15, 0.2) is 24.3 Å². The molecular weight excluding hydrogens is 325 g/mol. The van der Waals surface area contributed by atoms with Crippen LogP contribution in [0, 0.1) is 0 Å². The minimum atomic E-state index is -0.448. The van der Waals surface area contributed by atoms with Gasteiger partial charge in [-0.1, -0.05) is 23.7 Å². The maximum atomic E-state index is 12.4. The van der Waals surface area contributed by atoms with Gasteiger partial charge >= 0.3 is 0 Å². The number of anilines is 1. The Labute approximate surface area is 140 Å². The molecule has 2 aliphatic heterocycles. The summed E-state index contributed by atoms with van der Waals surface area (Å²) in [4.78, 5) is 26.2. The minimum Gasteiger partial charge on any atom is -0.343 e. The first-order chi connectivity index (χ1) is 10.2. The highest BCUT2D eigenvalue weighted by Gasteiger charge is 2.35. The fraction of sp³-hybridized carbons (Fsp3) is 0.467. The third-order valence-corrected chi connectivity index (χ3v) is 4.36. The summed E-state index contributed by atoms with van der Waals surface area (Å²) in [7, 11) is 0. The molecule has 0 aromatic heterocycles. The fourth-order valence-electron chi connectivity index (χ4n) is 2.90. The number of amides is 2. The average Bonchev–Trinajstić information content (AvgIpc) is 3.11.